The van der Waals surface area contributed by atoms with Gasteiger partial charge in [-0.25, -0.2) is 8.42 Å². The van der Waals surface area contributed by atoms with Gasteiger partial charge in [-0.1, -0.05) is 34.1 Å². The summed E-state index contributed by atoms with van der Waals surface area (Å²) >= 11 is 3.33. The molecule has 6 heteroatoms. The van der Waals surface area contributed by atoms with Crippen molar-refractivity contribution < 1.29 is 13.2 Å². The van der Waals surface area contributed by atoms with Crippen LogP contribution < -0.4 is 4.90 Å². The molecule has 0 aliphatic carbocycles. The Morgan fingerprint density at radius 3 is 2.43 bits per heavy atom. The lowest BCUT2D eigenvalue weighted by molar-refractivity contribution is -0.117. The van der Waals surface area contributed by atoms with E-state index in [0.29, 0.717) is 11.3 Å². The summed E-state index contributed by atoms with van der Waals surface area (Å²) in [5.74, 6) is -0.424. The van der Waals surface area contributed by atoms with Gasteiger partial charge >= 0.3 is 0 Å². The number of nitrogens with zero attached hydrogens (tertiary/aromatic N) is 1. The molecule has 1 atom stereocenters. The lowest BCUT2D eigenvalue weighted by Gasteiger charge is -2.12. The fraction of sp³-hybridized carbons (Fsp3) is 0.133. The molecule has 4 nitrogen and oxygen atoms in total. The van der Waals surface area contributed by atoms with E-state index in [1.807, 2.05) is 0 Å². The highest BCUT2D eigenvalue weighted by Crippen LogP contribution is 2.43. The van der Waals surface area contributed by atoms with Crippen LogP contribution in [0.4, 0.5) is 5.69 Å². The molecule has 2 aromatic rings. The molecule has 1 aliphatic heterocycles. The summed E-state index contributed by atoms with van der Waals surface area (Å²) in [6.07, 6.45) is 0. The molecule has 0 saturated carbocycles. The lowest BCUT2D eigenvalue weighted by Crippen LogP contribution is -2.28. The maximum atomic E-state index is 12.8. The van der Waals surface area contributed by atoms with Crippen LogP contribution in [0.1, 0.15) is 10.8 Å². The normalized spacial score (nSPS) is 17.9. The Labute approximate surface area is 131 Å². The molecule has 3 rings (SSSR count). The fourth-order valence-electron chi connectivity index (χ4n) is 2.51. The third-order valence-electron chi connectivity index (χ3n) is 3.57. The smallest absolute Gasteiger partial charge is 0.250 e. The number of sulfone groups is 1. The van der Waals surface area contributed by atoms with Crippen molar-refractivity contribution in [2.75, 3.05) is 11.9 Å². The van der Waals surface area contributed by atoms with Gasteiger partial charge in [0.2, 0.25) is 5.91 Å². The Morgan fingerprint density at radius 1 is 1.10 bits per heavy atom. The zero-order chi connectivity index (χ0) is 15.2. The minimum absolute atomic E-state index is 0.157. The van der Waals surface area contributed by atoms with Gasteiger partial charge < -0.3 is 4.90 Å². The number of halogens is 1. The summed E-state index contributed by atoms with van der Waals surface area (Å²) < 4.78 is 26.4. The lowest BCUT2D eigenvalue weighted by atomic mass is 10.1. The number of rotatable bonds is 2. The third-order valence-corrected chi connectivity index (χ3v) is 6.07. The molecule has 1 unspecified atom stereocenters. The largest absolute Gasteiger partial charge is 0.314 e. The molecule has 0 aromatic heterocycles. The Morgan fingerprint density at radius 2 is 1.76 bits per heavy atom. The van der Waals surface area contributed by atoms with Crippen LogP contribution in [0.25, 0.3) is 0 Å². The molecule has 0 spiro atoms. The van der Waals surface area contributed by atoms with Crippen LogP contribution in [0, 0.1) is 0 Å². The van der Waals surface area contributed by atoms with E-state index >= 15 is 0 Å². The summed E-state index contributed by atoms with van der Waals surface area (Å²) in [5, 5.41) is -1.18. The number of hydrogen-bond acceptors (Lipinski definition) is 3. The van der Waals surface area contributed by atoms with Gasteiger partial charge in [0.15, 0.2) is 15.1 Å². The van der Waals surface area contributed by atoms with Crippen molar-refractivity contribution in [1.29, 1.82) is 0 Å². The highest BCUT2D eigenvalue weighted by Gasteiger charge is 2.44. The first-order valence-electron chi connectivity index (χ1n) is 6.29. The third kappa shape index (κ3) is 2.18. The van der Waals surface area contributed by atoms with Crippen LogP contribution in [-0.2, 0) is 14.6 Å². The minimum atomic E-state index is -3.76. The number of amides is 1. The molecule has 0 radical (unpaired) electrons. The molecule has 0 bridgehead atoms. The van der Waals surface area contributed by atoms with Crippen LogP contribution >= 0.6 is 15.9 Å². The Kier molecular flexibility index (Phi) is 3.37. The standard InChI is InChI=1S/C15H12BrNO3S/c1-17-13-8-7-10(16)9-12(13)14(15(17)18)21(19,20)11-5-3-2-4-6-11/h2-9,14H,1H3. The van der Waals surface area contributed by atoms with E-state index in [4.69, 9.17) is 0 Å². The monoisotopic (exact) mass is 365 g/mol. The Hall–Kier alpha value is -1.66. The van der Waals surface area contributed by atoms with Gasteiger partial charge in [-0.15, -0.1) is 0 Å². The van der Waals surface area contributed by atoms with E-state index in [2.05, 4.69) is 15.9 Å². The molecule has 108 valence electrons. The topological polar surface area (TPSA) is 54.5 Å². The Balaban J connectivity index is 2.20. The Bertz CT molecular complexity index is 818. The van der Waals surface area contributed by atoms with E-state index in [-0.39, 0.29) is 4.90 Å². The van der Waals surface area contributed by atoms with Crippen molar-refractivity contribution in [3.8, 4) is 0 Å². The van der Waals surface area contributed by atoms with Crippen molar-refractivity contribution in [2.45, 2.75) is 10.1 Å². The first kappa shape index (κ1) is 14.3. The first-order valence-corrected chi connectivity index (χ1v) is 8.63. The van der Waals surface area contributed by atoms with Crippen molar-refractivity contribution in [1.82, 2.24) is 0 Å². The molecular formula is C15H12BrNO3S. The molecule has 21 heavy (non-hydrogen) atoms. The van der Waals surface area contributed by atoms with E-state index in [1.54, 1.807) is 43.4 Å². The molecule has 1 heterocycles. The second kappa shape index (κ2) is 4.96. The van der Waals surface area contributed by atoms with E-state index < -0.39 is 21.0 Å². The molecule has 1 amide bonds. The molecule has 1 aliphatic rings. The quantitative estimate of drug-likeness (QED) is 0.821. The number of carbonyl (C=O) groups excluding carboxylic acids is 1. The van der Waals surface area contributed by atoms with Gasteiger partial charge in [0.05, 0.1) is 4.90 Å². The second-order valence-electron chi connectivity index (χ2n) is 4.84. The summed E-state index contributed by atoms with van der Waals surface area (Å²) in [6, 6.07) is 13.3. The van der Waals surface area contributed by atoms with E-state index in [9.17, 15) is 13.2 Å². The number of anilines is 1. The predicted molar refractivity (Wildman–Crippen MR) is 83.9 cm³/mol. The van der Waals surface area contributed by atoms with Crippen LogP contribution in [-0.4, -0.2) is 21.4 Å². The summed E-state index contributed by atoms with van der Waals surface area (Å²) in [6.45, 7) is 0. The number of benzene rings is 2. The van der Waals surface area contributed by atoms with Crippen LogP contribution in [0.15, 0.2) is 57.9 Å². The SMILES string of the molecule is CN1C(=O)C(S(=O)(=O)c2ccccc2)c2cc(Br)ccc21. The zero-order valence-electron chi connectivity index (χ0n) is 11.2. The van der Waals surface area contributed by atoms with Gasteiger partial charge in [0.1, 0.15) is 0 Å². The summed E-state index contributed by atoms with van der Waals surface area (Å²) in [7, 11) is -2.17. The summed E-state index contributed by atoms with van der Waals surface area (Å²) in [4.78, 5) is 14.0. The second-order valence-corrected chi connectivity index (χ2v) is 7.79. The van der Waals surface area contributed by atoms with Gasteiger partial charge in [-0.05, 0) is 30.3 Å². The average Bonchev–Trinajstić information content (AvgIpc) is 2.71. The molecule has 0 saturated heterocycles. The molecule has 2 aromatic carbocycles. The van der Waals surface area contributed by atoms with Crippen molar-refractivity contribution >= 4 is 37.4 Å². The van der Waals surface area contributed by atoms with Crippen molar-refractivity contribution in [3.63, 3.8) is 0 Å². The van der Waals surface area contributed by atoms with Crippen LogP contribution in [0.2, 0.25) is 0 Å². The van der Waals surface area contributed by atoms with Gasteiger partial charge in [0, 0.05) is 22.8 Å². The van der Waals surface area contributed by atoms with Gasteiger partial charge in [-0.3, -0.25) is 4.79 Å². The number of likely N-dealkylation sites (N-methyl/N-ethyl adjacent to an activating group) is 1. The number of carbonyl (C=O) groups is 1. The summed E-state index contributed by atoms with van der Waals surface area (Å²) in [5.41, 5.74) is 1.15. The molecular weight excluding hydrogens is 354 g/mol. The molecule has 0 fully saturated rings. The van der Waals surface area contributed by atoms with Crippen molar-refractivity contribution in [3.05, 3.63) is 58.6 Å². The zero-order valence-corrected chi connectivity index (χ0v) is 13.6. The van der Waals surface area contributed by atoms with Crippen LogP contribution in [0.5, 0.6) is 0 Å². The number of hydrogen-bond donors (Lipinski definition) is 0. The van der Waals surface area contributed by atoms with Crippen molar-refractivity contribution in [2.24, 2.45) is 0 Å². The van der Waals surface area contributed by atoms with E-state index in [0.717, 1.165) is 4.47 Å². The highest BCUT2D eigenvalue weighted by molar-refractivity contribution is 9.10. The first-order chi connectivity index (χ1) is 9.93. The van der Waals surface area contributed by atoms with Gasteiger partial charge in [0.25, 0.3) is 0 Å². The fourth-order valence-corrected chi connectivity index (χ4v) is 4.65. The average molecular weight is 366 g/mol. The minimum Gasteiger partial charge on any atom is -0.314 e. The maximum Gasteiger partial charge on any atom is 0.250 e. The maximum absolute atomic E-state index is 12.8. The number of fused-ring (bicyclic) bond motifs is 1. The molecule has 0 N–H and O–H groups in total. The van der Waals surface area contributed by atoms with E-state index in [1.165, 1.54) is 17.0 Å². The van der Waals surface area contributed by atoms with Crippen LogP contribution in [0.3, 0.4) is 0 Å². The predicted octanol–water partition coefficient (Wildman–Crippen LogP) is 2.94. The van der Waals surface area contributed by atoms with Gasteiger partial charge in [-0.2, -0.15) is 0 Å². The highest BCUT2D eigenvalue weighted by atomic mass is 79.9.